The van der Waals surface area contributed by atoms with E-state index in [1.165, 1.54) is 0 Å². The molecule has 2 aromatic rings. The summed E-state index contributed by atoms with van der Waals surface area (Å²) >= 11 is 0. The number of carbonyl (C=O) groups is 1. The average molecular weight is 261 g/mol. The highest BCUT2D eigenvalue weighted by Crippen LogP contribution is 2.19. The number of hydrogen-bond acceptors (Lipinski definition) is 4. The fraction of sp³-hybridized carbons (Fsp3) is 0.417. The zero-order chi connectivity index (χ0) is 13.2. The van der Waals surface area contributed by atoms with E-state index in [0.29, 0.717) is 0 Å². The molecule has 19 heavy (non-hydrogen) atoms. The molecular formula is C12H15N5O2. The van der Waals surface area contributed by atoms with Crippen molar-refractivity contribution in [2.75, 3.05) is 18.0 Å². The van der Waals surface area contributed by atoms with Crippen molar-refractivity contribution in [3.05, 3.63) is 24.7 Å². The van der Waals surface area contributed by atoms with Gasteiger partial charge in [-0.05, 0) is 12.8 Å². The van der Waals surface area contributed by atoms with Crippen molar-refractivity contribution in [1.82, 2.24) is 19.9 Å². The van der Waals surface area contributed by atoms with E-state index in [9.17, 15) is 4.79 Å². The van der Waals surface area contributed by atoms with E-state index in [-0.39, 0.29) is 6.04 Å². The lowest BCUT2D eigenvalue weighted by atomic mass is 10.1. The van der Waals surface area contributed by atoms with Gasteiger partial charge < -0.3 is 15.3 Å². The minimum atomic E-state index is -0.946. The Hall–Kier alpha value is -2.31. The third kappa shape index (κ3) is 2.44. The first-order chi connectivity index (χ1) is 9.22. The molecule has 1 aliphatic rings. The summed E-state index contributed by atoms with van der Waals surface area (Å²) in [6.45, 7) is 1.64. The van der Waals surface area contributed by atoms with Crippen LogP contribution >= 0.6 is 0 Å². The molecule has 0 saturated carbocycles. The highest BCUT2D eigenvalue weighted by Gasteiger charge is 2.21. The van der Waals surface area contributed by atoms with Gasteiger partial charge in [0.2, 0.25) is 0 Å². The number of hydrogen-bond donors (Lipinski definition) is 2. The van der Waals surface area contributed by atoms with E-state index in [1.807, 2.05) is 18.5 Å². The molecule has 7 heteroatoms. The standard InChI is InChI=1S/C12H15N5O2/c18-12(19)15-9-2-5-16(6-3-9)10-7-13-11-1-4-14-17(11)8-10/h1,4,7-9,15H,2-3,5-6H2,(H,18,19). The van der Waals surface area contributed by atoms with Gasteiger partial charge >= 0.3 is 6.09 Å². The first-order valence-electron chi connectivity index (χ1n) is 6.26. The number of amides is 1. The van der Waals surface area contributed by atoms with Gasteiger partial charge in [0, 0.05) is 25.2 Å². The first kappa shape index (κ1) is 11.8. The van der Waals surface area contributed by atoms with Crippen molar-refractivity contribution in [3.8, 4) is 0 Å². The summed E-state index contributed by atoms with van der Waals surface area (Å²) in [5.74, 6) is 0. The van der Waals surface area contributed by atoms with Crippen molar-refractivity contribution in [2.45, 2.75) is 18.9 Å². The Morgan fingerprint density at radius 2 is 2.21 bits per heavy atom. The molecule has 2 N–H and O–H groups in total. The van der Waals surface area contributed by atoms with Gasteiger partial charge in [0.15, 0.2) is 5.65 Å². The second kappa shape index (κ2) is 4.75. The van der Waals surface area contributed by atoms with Crippen LogP contribution in [-0.4, -0.2) is 44.9 Å². The van der Waals surface area contributed by atoms with Crippen LogP contribution in [0.1, 0.15) is 12.8 Å². The second-order valence-electron chi connectivity index (χ2n) is 4.66. The van der Waals surface area contributed by atoms with E-state index >= 15 is 0 Å². The summed E-state index contributed by atoms with van der Waals surface area (Å²) in [5.41, 5.74) is 1.84. The largest absolute Gasteiger partial charge is 0.465 e. The molecule has 3 rings (SSSR count). The summed E-state index contributed by atoms with van der Waals surface area (Å²) in [6.07, 6.45) is 6.18. The zero-order valence-electron chi connectivity index (χ0n) is 10.4. The summed E-state index contributed by atoms with van der Waals surface area (Å²) in [5, 5.41) is 15.4. The molecule has 0 radical (unpaired) electrons. The molecule has 1 aliphatic heterocycles. The molecule has 0 spiro atoms. The van der Waals surface area contributed by atoms with Gasteiger partial charge in [-0.15, -0.1) is 0 Å². The van der Waals surface area contributed by atoms with Gasteiger partial charge in [-0.3, -0.25) is 0 Å². The van der Waals surface area contributed by atoms with Crippen molar-refractivity contribution in [1.29, 1.82) is 0 Å². The smallest absolute Gasteiger partial charge is 0.404 e. The number of piperidine rings is 1. The minimum Gasteiger partial charge on any atom is -0.465 e. The molecule has 1 saturated heterocycles. The fourth-order valence-corrected chi connectivity index (χ4v) is 2.42. The van der Waals surface area contributed by atoms with E-state index < -0.39 is 6.09 Å². The maximum Gasteiger partial charge on any atom is 0.404 e. The summed E-state index contributed by atoms with van der Waals surface area (Å²) in [7, 11) is 0. The normalized spacial score (nSPS) is 16.7. The summed E-state index contributed by atoms with van der Waals surface area (Å²) < 4.78 is 1.75. The molecule has 0 atom stereocenters. The molecular weight excluding hydrogens is 246 g/mol. The van der Waals surface area contributed by atoms with Crippen LogP contribution in [0.2, 0.25) is 0 Å². The number of rotatable bonds is 2. The van der Waals surface area contributed by atoms with Crippen LogP contribution in [0.5, 0.6) is 0 Å². The molecule has 2 aromatic heterocycles. The number of nitrogens with zero attached hydrogens (tertiary/aromatic N) is 4. The molecule has 1 fully saturated rings. The second-order valence-corrected chi connectivity index (χ2v) is 4.66. The molecule has 100 valence electrons. The van der Waals surface area contributed by atoms with Crippen LogP contribution in [0, 0.1) is 0 Å². The number of nitrogens with one attached hydrogen (secondary N) is 1. The Kier molecular flexibility index (Phi) is 2.94. The minimum absolute atomic E-state index is 0.0511. The van der Waals surface area contributed by atoms with Gasteiger partial charge in [0.1, 0.15) is 0 Å². The maximum atomic E-state index is 10.6. The van der Waals surface area contributed by atoms with Crippen molar-refractivity contribution < 1.29 is 9.90 Å². The van der Waals surface area contributed by atoms with Crippen LogP contribution in [0.25, 0.3) is 5.65 Å². The maximum absolute atomic E-state index is 10.6. The molecule has 1 amide bonds. The lowest BCUT2D eigenvalue weighted by molar-refractivity contribution is 0.187. The van der Waals surface area contributed by atoms with Crippen molar-refractivity contribution in [2.24, 2.45) is 0 Å². The van der Waals surface area contributed by atoms with Crippen LogP contribution in [-0.2, 0) is 0 Å². The Morgan fingerprint density at radius 3 is 2.95 bits per heavy atom. The SMILES string of the molecule is O=C(O)NC1CCN(c2cnc3ccnn3c2)CC1. The van der Waals surface area contributed by atoms with Gasteiger partial charge in [-0.1, -0.05) is 0 Å². The Bertz CT molecular complexity index is 589. The monoisotopic (exact) mass is 261 g/mol. The molecule has 0 aromatic carbocycles. The molecule has 0 unspecified atom stereocenters. The fourth-order valence-electron chi connectivity index (χ4n) is 2.42. The van der Waals surface area contributed by atoms with Gasteiger partial charge in [0.05, 0.1) is 24.3 Å². The van der Waals surface area contributed by atoms with Crippen LogP contribution in [0.3, 0.4) is 0 Å². The van der Waals surface area contributed by atoms with Gasteiger partial charge in [0.25, 0.3) is 0 Å². The highest BCUT2D eigenvalue weighted by atomic mass is 16.4. The zero-order valence-corrected chi connectivity index (χ0v) is 10.4. The third-order valence-electron chi connectivity index (χ3n) is 3.42. The van der Waals surface area contributed by atoms with E-state index in [4.69, 9.17) is 5.11 Å². The Morgan fingerprint density at radius 1 is 1.42 bits per heavy atom. The summed E-state index contributed by atoms with van der Waals surface area (Å²) in [4.78, 5) is 17.1. The quantitative estimate of drug-likeness (QED) is 0.841. The molecule has 3 heterocycles. The van der Waals surface area contributed by atoms with E-state index in [2.05, 4.69) is 20.3 Å². The number of anilines is 1. The van der Waals surface area contributed by atoms with Crippen LogP contribution < -0.4 is 10.2 Å². The lowest BCUT2D eigenvalue weighted by Gasteiger charge is -2.33. The number of fused-ring (bicyclic) bond motifs is 1. The lowest BCUT2D eigenvalue weighted by Crippen LogP contribution is -2.44. The van der Waals surface area contributed by atoms with Crippen molar-refractivity contribution >= 4 is 17.4 Å². The van der Waals surface area contributed by atoms with Gasteiger partial charge in [-0.25, -0.2) is 14.3 Å². The topological polar surface area (TPSA) is 82.8 Å². The van der Waals surface area contributed by atoms with E-state index in [1.54, 1.807) is 10.7 Å². The predicted octanol–water partition coefficient (Wildman–Crippen LogP) is 0.966. The highest BCUT2D eigenvalue weighted by molar-refractivity contribution is 5.64. The molecule has 0 aliphatic carbocycles. The third-order valence-corrected chi connectivity index (χ3v) is 3.42. The first-order valence-corrected chi connectivity index (χ1v) is 6.26. The van der Waals surface area contributed by atoms with Crippen LogP contribution in [0.4, 0.5) is 10.5 Å². The van der Waals surface area contributed by atoms with Crippen LogP contribution in [0.15, 0.2) is 24.7 Å². The van der Waals surface area contributed by atoms with E-state index in [0.717, 1.165) is 37.3 Å². The predicted molar refractivity (Wildman–Crippen MR) is 69.4 cm³/mol. The Labute approximate surface area is 109 Å². The number of aromatic nitrogens is 3. The number of carboxylic acid groups (broad SMARTS) is 1. The Balaban J connectivity index is 1.69. The molecule has 0 bridgehead atoms. The molecule has 7 nitrogen and oxygen atoms in total. The summed E-state index contributed by atoms with van der Waals surface area (Å²) in [6, 6.07) is 1.91. The van der Waals surface area contributed by atoms with Crippen molar-refractivity contribution in [3.63, 3.8) is 0 Å². The van der Waals surface area contributed by atoms with Gasteiger partial charge in [-0.2, -0.15) is 5.10 Å². The average Bonchev–Trinajstić information content (AvgIpc) is 2.86.